The summed E-state index contributed by atoms with van der Waals surface area (Å²) in [5, 5.41) is 0. The molecule has 2 rings (SSSR count). The minimum atomic E-state index is 1.12. The Morgan fingerprint density at radius 1 is 0.356 bits per heavy atom. The van der Waals surface area contributed by atoms with Crippen molar-refractivity contribution < 1.29 is 0 Å². The van der Waals surface area contributed by atoms with Gasteiger partial charge in [-0.05, 0) is 43.0 Å². The lowest BCUT2D eigenvalue weighted by Crippen LogP contribution is -2.20. The van der Waals surface area contributed by atoms with Crippen LogP contribution < -0.4 is 4.90 Å². The van der Waals surface area contributed by atoms with Crippen molar-refractivity contribution in [2.24, 2.45) is 0 Å². The standard InChI is InChI=1S/C44H75N/c1-3-5-7-9-11-13-15-17-19-21-23-25-27-30-36-42-37-33-34-40-44(42)45(43-38-31-29-32-39-43)41-35-28-26-24-22-20-18-16-14-12-10-8-6-4-2/h29,31-34,37-40H,3-28,30,35-36,41H2,1-2H3. The summed E-state index contributed by atoms with van der Waals surface area (Å²) in [5.74, 6) is 0. The van der Waals surface area contributed by atoms with Crippen LogP contribution in [0.5, 0.6) is 0 Å². The first kappa shape index (κ1) is 39.4. The summed E-state index contributed by atoms with van der Waals surface area (Å²) in [6.45, 7) is 5.74. The fourth-order valence-electron chi connectivity index (χ4n) is 6.96. The predicted molar refractivity (Wildman–Crippen MR) is 204 cm³/mol. The Morgan fingerprint density at radius 3 is 1.16 bits per heavy atom. The van der Waals surface area contributed by atoms with Crippen LogP contribution >= 0.6 is 0 Å². The van der Waals surface area contributed by atoms with Gasteiger partial charge >= 0.3 is 0 Å². The fourth-order valence-corrected chi connectivity index (χ4v) is 6.96. The number of aryl methyl sites for hydroxylation is 1. The Balaban J connectivity index is 1.62. The Hall–Kier alpha value is -1.76. The maximum atomic E-state index is 2.61. The summed E-state index contributed by atoms with van der Waals surface area (Å²) in [4.78, 5) is 2.61. The van der Waals surface area contributed by atoms with Gasteiger partial charge in [-0.3, -0.25) is 0 Å². The molecular weight excluding hydrogens is 542 g/mol. The van der Waals surface area contributed by atoms with Gasteiger partial charge in [0.2, 0.25) is 0 Å². The molecule has 0 bridgehead atoms. The summed E-state index contributed by atoms with van der Waals surface area (Å²) < 4.78 is 0. The second kappa shape index (κ2) is 29.6. The van der Waals surface area contributed by atoms with E-state index in [0.717, 1.165) is 6.54 Å². The van der Waals surface area contributed by atoms with Crippen LogP contribution in [0.15, 0.2) is 54.6 Å². The molecule has 2 aromatic rings. The molecule has 0 radical (unpaired) electrons. The summed E-state index contributed by atoms with van der Waals surface area (Å²) in [5.41, 5.74) is 4.32. The maximum Gasteiger partial charge on any atom is 0.0443 e. The molecule has 0 atom stereocenters. The molecule has 45 heavy (non-hydrogen) atoms. The van der Waals surface area contributed by atoms with Crippen LogP contribution in [0.25, 0.3) is 0 Å². The van der Waals surface area contributed by atoms with Crippen molar-refractivity contribution in [1.82, 2.24) is 0 Å². The number of hydrogen-bond acceptors (Lipinski definition) is 1. The Bertz CT molecular complexity index is 874. The van der Waals surface area contributed by atoms with Crippen LogP contribution in [0.1, 0.15) is 199 Å². The monoisotopic (exact) mass is 618 g/mol. The third kappa shape index (κ3) is 20.9. The Kier molecular flexibility index (Phi) is 26.0. The van der Waals surface area contributed by atoms with E-state index in [-0.39, 0.29) is 0 Å². The molecule has 0 aliphatic rings. The van der Waals surface area contributed by atoms with Crippen molar-refractivity contribution in [2.75, 3.05) is 11.4 Å². The zero-order chi connectivity index (χ0) is 31.9. The van der Waals surface area contributed by atoms with Gasteiger partial charge in [0.25, 0.3) is 0 Å². The molecule has 0 aliphatic carbocycles. The molecule has 1 nitrogen and oxygen atoms in total. The molecule has 0 N–H and O–H groups in total. The molecule has 0 aromatic heterocycles. The molecule has 0 spiro atoms. The fraction of sp³-hybridized carbons (Fsp3) is 0.727. The van der Waals surface area contributed by atoms with E-state index in [1.165, 1.54) is 203 Å². The predicted octanol–water partition coefficient (Wildman–Crippen LogP) is 15.3. The van der Waals surface area contributed by atoms with Crippen molar-refractivity contribution >= 4 is 11.4 Å². The number of rotatable bonds is 32. The number of hydrogen-bond donors (Lipinski definition) is 0. The van der Waals surface area contributed by atoms with Crippen molar-refractivity contribution in [3.8, 4) is 0 Å². The number of anilines is 2. The maximum absolute atomic E-state index is 2.61. The Labute approximate surface area is 282 Å². The highest BCUT2D eigenvalue weighted by Crippen LogP contribution is 2.30. The lowest BCUT2D eigenvalue weighted by Gasteiger charge is -2.27. The van der Waals surface area contributed by atoms with Gasteiger partial charge in [0, 0.05) is 17.9 Å². The SMILES string of the molecule is CCCCCCCCCCCCCCCCc1ccccc1N(CCCCCCCCCCCCCCCC)c1ccccc1. The molecular formula is C44H75N. The topological polar surface area (TPSA) is 3.24 Å². The zero-order valence-corrected chi connectivity index (χ0v) is 30.4. The summed E-state index contributed by atoms with van der Waals surface area (Å²) in [6.07, 6.45) is 40.9. The minimum absolute atomic E-state index is 1.12. The smallest absolute Gasteiger partial charge is 0.0443 e. The third-order valence-corrected chi connectivity index (χ3v) is 9.89. The molecule has 0 fully saturated rings. The largest absolute Gasteiger partial charge is 0.341 e. The molecule has 0 heterocycles. The van der Waals surface area contributed by atoms with E-state index in [1.54, 1.807) is 0 Å². The Morgan fingerprint density at radius 2 is 0.711 bits per heavy atom. The third-order valence-electron chi connectivity index (χ3n) is 9.89. The average molecular weight is 618 g/mol. The second-order valence-electron chi connectivity index (χ2n) is 14.1. The molecule has 0 unspecified atom stereocenters. The first-order valence-corrected chi connectivity index (χ1v) is 20.3. The molecule has 0 saturated carbocycles. The highest BCUT2D eigenvalue weighted by molar-refractivity contribution is 5.66. The summed E-state index contributed by atoms with van der Waals surface area (Å²) >= 11 is 0. The van der Waals surface area contributed by atoms with E-state index in [9.17, 15) is 0 Å². The number of unbranched alkanes of at least 4 members (excludes halogenated alkanes) is 26. The number of benzene rings is 2. The van der Waals surface area contributed by atoms with Crippen molar-refractivity contribution in [1.29, 1.82) is 0 Å². The normalized spacial score (nSPS) is 11.3. The van der Waals surface area contributed by atoms with E-state index >= 15 is 0 Å². The highest BCUT2D eigenvalue weighted by atomic mass is 15.1. The quantitative estimate of drug-likeness (QED) is 0.0738. The first-order valence-electron chi connectivity index (χ1n) is 20.3. The zero-order valence-electron chi connectivity index (χ0n) is 30.4. The van der Waals surface area contributed by atoms with Crippen molar-refractivity contribution in [3.63, 3.8) is 0 Å². The average Bonchev–Trinajstić information content (AvgIpc) is 3.07. The van der Waals surface area contributed by atoms with Gasteiger partial charge in [-0.15, -0.1) is 0 Å². The molecule has 2 aromatic carbocycles. The van der Waals surface area contributed by atoms with Gasteiger partial charge < -0.3 is 4.90 Å². The molecule has 256 valence electrons. The second-order valence-corrected chi connectivity index (χ2v) is 14.1. The number of nitrogens with zero attached hydrogens (tertiary/aromatic N) is 1. The minimum Gasteiger partial charge on any atom is -0.341 e. The van der Waals surface area contributed by atoms with Gasteiger partial charge in [0.15, 0.2) is 0 Å². The van der Waals surface area contributed by atoms with Gasteiger partial charge in [0.05, 0.1) is 0 Å². The van der Waals surface area contributed by atoms with Crippen molar-refractivity contribution in [3.05, 3.63) is 60.2 Å². The molecule has 1 heteroatoms. The van der Waals surface area contributed by atoms with E-state index in [1.807, 2.05) is 0 Å². The molecule has 0 aliphatic heterocycles. The van der Waals surface area contributed by atoms with Crippen LogP contribution in [0, 0.1) is 0 Å². The lowest BCUT2D eigenvalue weighted by molar-refractivity contribution is 0.535. The van der Waals surface area contributed by atoms with Gasteiger partial charge in [-0.25, -0.2) is 0 Å². The summed E-state index contributed by atoms with van der Waals surface area (Å²) in [6, 6.07) is 20.4. The lowest BCUT2D eigenvalue weighted by atomic mass is 10.0. The van der Waals surface area contributed by atoms with E-state index in [2.05, 4.69) is 73.3 Å². The van der Waals surface area contributed by atoms with E-state index in [4.69, 9.17) is 0 Å². The van der Waals surface area contributed by atoms with Gasteiger partial charge in [-0.1, -0.05) is 217 Å². The van der Waals surface area contributed by atoms with E-state index < -0.39 is 0 Å². The van der Waals surface area contributed by atoms with Crippen LogP contribution in [0.3, 0.4) is 0 Å². The number of para-hydroxylation sites is 2. The highest BCUT2D eigenvalue weighted by Gasteiger charge is 2.13. The van der Waals surface area contributed by atoms with Crippen LogP contribution in [-0.2, 0) is 6.42 Å². The van der Waals surface area contributed by atoms with Crippen LogP contribution in [0.2, 0.25) is 0 Å². The van der Waals surface area contributed by atoms with Gasteiger partial charge in [0.1, 0.15) is 0 Å². The van der Waals surface area contributed by atoms with Crippen molar-refractivity contribution in [2.45, 2.75) is 200 Å². The molecule has 0 amide bonds. The van der Waals surface area contributed by atoms with Crippen LogP contribution in [-0.4, -0.2) is 6.54 Å². The molecule has 0 saturated heterocycles. The van der Waals surface area contributed by atoms with Gasteiger partial charge in [-0.2, -0.15) is 0 Å². The summed E-state index contributed by atoms with van der Waals surface area (Å²) in [7, 11) is 0. The first-order chi connectivity index (χ1) is 22.4. The van der Waals surface area contributed by atoms with Crippen LogP contribution in [0.4, 0.5) is 11.4 Å². The van der Waals surface area contributed by atoms with E-state index in [0.29, 0.717) is 0 Å².